The zero-order chi connectivity index (χ0) is 29.3. The Morgan fingerprint density at radius 2 is 1.50 bits per heavy atom. The fraction of sp³-hybridized carbons (Fsp3) is 0.514. The summed E-state index contributed by atoms with van der Waals surface area (Å²) in [6.07, 6.45) is 4.88. The van der Waals surface area contributed by atoms with Gasteiger partial charge in [0.25, 0.3) is 0 Å². The second kappa shape index (κ2) is 14.7. The lowest BCUT2D eigenvalue weighted by atomic mass is 9.82. The van der Waals surface area contributed by atoms with Crippen molar-refractivity contribution in [3.05, 3.63) is 94.0 Å². The van der Waals surface area contributed by atoms with Crippen LogP contribution in [0.15, 0.2) is 60.7 Å². The summed E-state index contributed by atoms with van der Waals surface area (Å²) in [6, 6.07) is 22.4. The van der Waals surface area contributed by atoms with Crippen LogP contribution in [0.25, 0.3) is 0 Å². The number of rotatable bonds is 14. The molecule has 0 saturated heterocycles. The monoisotopic (exact) mass is 559 g/mol. The molecule has 0 fully saturated rings. The Hall–Kier alpha value is -2.15. The van der Waals surface area contributed by atoms with Crippen molar-refractivity contribution in [2.75, 3.05) is 13.1 Å². The molecule has 3 rings (SSSR count). The lowest BCUT2D eigenvalue weighted by Crippen LogP contribution is -2.28. The molecule has 0 aliphatic carbocycles. The molecular formula is C37H54NOP. The Bertz CT molecular complexity index is 1210. The molecule has 0 N–H and O–H groups in total. The van der Waals surface area contributed by atoms with E-state index in [0.717, 1.165) is 31.8 Å². The van der Waals surface area contributed by atoms with E-state index >= 15 is 0 Å². The molecule has 0 aliphatic rings. The Kier molecular flexibility index (Phi) is 11.9. The van der Waals surface area contributed by atoms with E-state index in [1.54, 1.807) is 5.30 Å². The zero-order valence-corrected chi connectivity index (χ0v) is 27.8. The fourth-order valence-corrected chi connectivity index (χ4v) is 7.31. The van der Waals surface area contributed by atoms with Gasteiger partial charge in [-0.2, -0.15) is 0 Å². The molecule has 2 atom stereocenters. The van der Waals surface area contributed by atoms with Crippen molar-refractivity contribution >= 4 is 13.9 Å². The van der Waals surface area contributed by atoms with E-state index in [9.17, 15) is 0 Å². The summed E-state index contributed by atoms with van der Waals surface area (Å²) in [4.78, 5) is 2.54. The first-order valence-corrected chi connectivity index (χ1v) is 16.4. The van der Waals surface area contributed by atoms with E-state index < -0.39 is 0 Å². The van der Waals surface area contributed by atoms with Crippen molar-refractivity contribution in [2.45, 2.75) is 112 Å². The smallest absolute Gasteiger partial charge is 0.126 e. The Morgan fingerprint density at radius 1 is 0.800 bits per heavy atom. The van der Waals surface area contributed by atoms with Gasteiger partial charge in [0.15, 0.2) is 0 Å². The van der Waals surface area contributed by atoms with Gasteiger partial charge in [-0.3, -0.25) is 4.90 Å². The Labute approximate surface area is 247 Å². The summed E-state index contributed by atoms with van der Waals surface area (Å²) in [6.45, 7) is 24.7. The lowest BCUT2D eigenvalue weighted by Gasteiger charge is -2.36. The minimum absolute atomic E-state index is 0.0165. The summed E-state index contributed by atoms with van der Waals surface area (Å²) in [7, 11) is 0.674. The maximum absolute atomic E-state index is 6.77. The van der Waals surface area contributed by atoms with E-state index in [2.05, 4.69) is 128 Å². The van der Waals surface area contributed by atoms with Gasteiger partial charge in [-0.15, -0.1) is 0 Å². The van der Waals surface area contributed by atoms with Crippen molar-refractivity contribution in [2.24, 2.45) is 0 Å². The molecule has 0 amide bonds. The number of unbranched alkanes of at least 4 members (excludes halogenated alkanes) is 2. The molecule has 2 nitrogen and oxygen atoms in total. The van der Waals surface area contributed by atoms with Gasteiger partial charge in [0.2, 0.25) is 0 Å². The molecule has 0 radical (unpaired) electrons. The summed E-state index contributed by atoms with van der Waals surface area (Å²) >= 11 is 0. The number of hydrogen-bond acceptors (Lipinski definition) is 2. The van der Waals surface area contributed by atoms with Crippen molar-refractivity contribution < 1.29 is 4.74 Å². The molecule has 0 aliphatic heterocycles. The highest BCUT2D eigenvalue weighted by molar-refractivity contribution is 7.48. The van der Waals surface area contributed by atoms with Gasteiger partial charge in [-0.1, -0.05) is 137 Å². The predicted octanol–water partition coefficient (Wildman–Crippen LogP) is 9.82. The van der Waals surface area contributed by atoms with Gasteiger partial charge in [0.05, 0.1) is 0 Å². The van der Waals surface area contributed by atoms with Crippen LogP contribution in [0.1, 0.15) is 108 Å². The molecule has 218 valence electrons. The fourth-order valence-electron chi connectivity index (χ4n) is 5.53. The van der Waals surface area contributed by atoms with Gasteiger partial charge in [0, 0.05) is 17.3 Å². The molecule has 0 saturated carbocycles. The first-order valence-electron chi connectivity index (χ1n) is 15.4. The summed E-state index contributed by atoms with van der Waals surface area (Å²) in [5, 5.41) is 1.53. The third kappa shape index (κ3) is 8.43. The van der Waals surface area contributed by atoms with E-state index in [1.807, 2.05) is 0 Å². The summed E-state index contributed by atoms with van der Waals surface area (Å²) < 4.78 is 6.77. The largest absolute Gasteiger partial charge is 0.488 e. The van der Waals surface area contributed by atoms with E-state index in [-0.39, 0.29) is 10.6 Å². The van der Waals surface area contributed by atoms with Crippen LogP contribution in [-0.4, -0.2) is 18.0 Å². The standard InChI is InChI=1S/C37H54NOP/c1-10-13-17-23-37(9,40-35-28(4)19-18-22-31(35)26-38(11-2)12-3)33-25-32(36(6,7)8)24-29(5)34(33)39-27-30-20-15-14-16-21-30/h14-16,18-22,24-25,40H,10-13,17,23,26-27H2,1-9H3. The first kappa shape index (κ1) is 32.4. The van der Waals surface area contributed by atoms with Crippen LogP contribution in [0.2, 0.25) is 0 Å². The average Bonchev–Trinajstić information content (AvgIpc) is 2.92. The normalized spacial score (nSPS) is 13.8. The van der Waals surface area contributed by atoms with Crippen LogP contribution in [0.4, 0.5) is 0 Å². The number of ether oxygens (including phenoxy) is 1. The number of aryl methyl sites for hydroxylation is 2. The van der Waals surface area contributed by atoms with Crippen LogP contribution < -0.4 is 10.0 Å². The number of nitrogens with zero attached hydrogens (tertiary/aromatic N) is 1. The van der Waals surface area contributed by atoms with Gasteiger partial charge in [-0.05, 0) is 71.9 Å². The molecule has 0 heterocycles. The SMILES string of the molecule is CCCCCC(C)(Pc1c(C)cccc1CN(CC)CC)c1cc(C(C)(C)C)cc(C)c1OCc1ccccc1. The lowest BCUT2D eigenvalue weighted by molar-refractivity contribution is 0.296. The summed E-state index contributed by atoms with van der Waals surface area (Å²) in [5.74, 6) is 1.09. The Morgan fingerprint density at radius 3 is 2.12 bits per heavy atom. The van der Waals surface area contributed by atoms with E-state index in [4.69, 9.17) is 4.74 Å². The third-order valence-corrected chi connectivity index (χ3v) is 10.3. The van der Waals surface area contributed by atoms with Crippen LogP contribution >= 0.6 is 8.58 Å². The maximum atomic E-state index is 6.77. The van der Waals surface area contributed by atoms with Gasteiger partial charge in [-0.25, -0.2) is 0 Å². The highest BCUT2D eigenvalue weighted by atomic mass is 31.1. The highest BCUT2D eigenvalue weighted by Gasteiger charge is 2.34. The average molecular weight is 560 g/mol. The number of benzene rings is 3. The van der Waals surface area contributed by atoms with E-state index in [0.29, 0.717) is 15.2 Å². The first-order chi connectivity index (χ1) is 19.0. The molecule has 3 aromatic rings. The molecule has 0 spiro atoms. The quantitative estimate of drug-likeness (QED) is 0.144. The molecule has 3 heteroatoms. The third-order valence-electron chi connectivity index (χ3n) is 8.29. The van der Waals surface area contributed by atoms with Crippen LogP contribution in [0.3, 0.4) is 0 Å². The molecule has 0 aromatic heterocycles. The minimum atomic E-state index is -0.0165. The second-order valence-corrected chi connectivity index (χ2v) is 14.5. The maximum Gasteiger partial charge on any atom is 0.126 e. The predicted molar refractivity (Wildman–Crippen MR) is 178 cm³/mol. The van der Waals surface area contributed by atoms with Gasteiger partial charge >= 0.3 is 0 Å². The number of hydrogen-bond donors (Lipinski definition) is 0. The van der Waals surface area contributed by atoms with Gasteiger partial charge in [0.1, 0.15) is 12.4 Å². The van der Waals surface area contributed by atoms with Crippen LogP contribution in [-0.2, 0) is 23.7 Å². The molecule has 2 unspecified atom stereocenters. The zero-order valence-electron chi connectivity index (χ0n) is 26.8. The van der Waals surface area contributed by atoms with Crippen molar-refractivity contribution in [1.82, 2.24) is 4.90 Å². The molecular weight excluding hydrogens is 505 g/mol. The van der Waals surface area contributed by atoms with Gasteiger partial charge < -0.3 is 4.74 Å². The van der Waals surface area contributed by atoms with Crippen LogP contribution in [0, 0.1) is 13.8 Å². The van der Waals surface area contributed by atoms with Crippen molar-refractivity contribution in [3.8, 4) is 5.75 Å². The van der Waals surface area contributed by atoms with Crippen molar-refractivity contribution in [1.29, 1.82) is 0 Å². The second-order valence-electron chi connectivity index (χ2n) is 12.7. The topological polar surface area (TPSA) is 12.5 Å². The Balaban J connectivity index is 2.16. The molecule has 3 aromatic carbocycles. The van der Waals surface area contributed by atoms with Crippen molar-refractivity contribution in [3.63, 3.8) is 0 Å². The minimum Gasteiger partial charge on any atom is -0.488 e. The molecule has 0 bridgehead atoms. The molecule has 40 heavy (non-hydrogen) atoms. The highest BCUT2D eigenvalue weighted by Crippen LogP contribution is 2.51. The van der Waals surface area contributed by atoms with E-state index in [1.165, 1.54) is 52.6 Å². The summed E-state index contributed by atoms with van der Waals surface area (Å²) in [5.41, 5.74) is 8.22. The van der Waals surface area contributed by atoms with Crippen LogP contribution in [0.5, 0.6) is 5.75 Å².